The van der Waals surface area contributed by atoms with E-state index >= 15 is 0 Å². The zero-order valence-corrected chi connectivity index (χ0v) is 12.4. The van der Waals surface area contributed by atoms with Crippen LogP contribution in [0.4, 0.5) is 8.78 Å². The van der Waals surface area contributed by atoms with Gasteiger partial charge in [0, 0.05) is 6.07 Å². The third-order valence-electron chi connectivity index (χ3n) is 3.42. The summed E-state index contributed by atoms with van der Waals surface area (Å²) in [5.74, 6) is -1.34. The van der Waals surface area contributed by atoms with Crippen LogP contribution < -0.4 is 10.5 Å². The summed E-state index contributed by atoms with van der Waals surface area (Å²) in [6.45, 7) is 6.15. The van der Waals surface area contributed by atoms with Gasteiger partial charge >= 0.3 is 0 Å². The SMILES string of the molecule is Cc1cc(C)c(C(N)COc2ccc(F)cc2F)c(C)c1. The Morgan fingerprint density at radius 1 is 1.05 bits per heavy atom. The molecule has 0 fully saturated rings. The Bertz CT molecular complexity index is 632. The molecule has 0 spiro atoms. The van der Waals surface area contributed by atoms with Gasteiger partial charge in [-0.2, -0.15) is 0 Å². The van der Waals surface area contributed by atoms with E-state index in [9.17, 15) is 8.78 Å². The molecule has 2 aromatic carbocycles. The van der Waals surface area contributed by atoms with E-state index in [1.807, 2.05) is 20.8 Å². The standard InChI is InChI=1S/C17H19F2NO/c1-10-6-11(2)17(12(3)7-10)15(20)9-21-16-5-4-13(18)8-14(16)19/h4-8,15H,9,20H2,1-3H3. The van der Waals surface area contributed by atoms with Crippen LogP contribution in [0.5, 0.6) is 5.75 Å². The Hall–Kier alpha value is -1.94. The smallest absolute Gasteiger partial charge is 0.167 e. The van der Waals surface area contributed by atoms with Crippen molar-refractivity contribution < 1.29 is 13.5 Å². The van der Waals surface area contributed by atoms with Gasteiger partial charge in [0.1, 0.15) is 12.4 Å². The summed E-state index contributed by atoms with van der Waals surface area (Å²) in [4.78, 5) is 0. The summed E-state index contributed by atoms with van der Waals surface area (Å²) < 4.78 is 31.7. The Labute approximate surface area is 123 Å². The highest BCUT2D eigenvalue weighted by molar-refractivity contribution is 5.39. The van der Waals surface area contributed by atoms with Gasteiger partial charge in [0.15, 0.2) is 11.6 Å². The molecule has 0 saturated heterocycles. The van der Waals surface area contributed by atoms with Crippen LogP contribution >= 0.6 is 0 Å². The van der Waals surface area contributed by atoms with Crippen LogP contribution in [-0.4, -0.2) is 6.61 Å². The number of rotatable bonds is 4. The van der Waals surface area contributed by atoms with Crippen molar-refractivity contribution in [2.24, 2.45) is 5.73 Å². The van der Waals surface area contributed by atoms with Gasteiger partial charge in [0.25, 0.3) is 0 Å². The van der Waals surface area contributed by atoms with Crippen molar-refractivity contribution in [1.29, 1.82) is 0 Å². The summed E-state index contributed by atoms with van der Waals surface area (Å²) in [5.41, 5.74) is 10.5. The second-order valence-corrected chi connectivity index (χ2v) is 5.30. The summed E-state index contributed by atoms with van der Waals surface area (Å²) in [5, 5.41) is 0. The van der Waals surface area contributed by atoms with E-state index in [1.54, 1.807) is 0 Å². The summed E-state index contributed by atoms with van der Waals surface area (Å²) in [7, 11) is 0. The fourth-order valence-corrected chi connectivity index (χ4v) is 2.63. The van der Waals surface area contributed by atoms with Crippen LogP contribution in [0.3, 0.4) is 0 Å². The second-order valence-electron chi connectivity index (χ2n) is 5.30. The van der Waals surface area contributed by atoms with Crippen LogP contribution in [0, 0.1) is 32.4 Å². The Morgan fingerprint density at radius 2 is 1.67 bits per heavy atom. The van der Waals surface area contributed by atoms with Crippen molar-refractivity contribution in [3.8, 4) is 5.75 Å². The molecule has 1 atom stereocenters. The lowest BCUT2D eigenvalue weighted by Crippen LogP contribution is -2.21. The minimum Gasteiger partial charge on any atom is -0.489 e. The summed E-state index contributed by atoms with van der Waals surface area (Å²) in [6, 6.07) is 6.97. The molecule has 0 aromatic heterocycles. The highest BCUT2D eigenvalue weighted by Crippen LogP contribution is 2.24. The maximum atomic E-state index is 13.5. The maximum absolute atomic E-state index is 13.5. The fourth-order valence-electron chi connectivity index (χ4n) is 2.63. The number of nitrogens with two attached hydrogens (primary N) is 1. The van der Waals surface area contributed by atoms with Gasteiger partial charge in [0.05, 0.1) is 6.04 Å². The van der Waals surface area contributed by atoms with Gasteiger partial charge in [-0.05, 0) is 49.6 Å². The van der Waals surface area contributed by atoms with E-state index in [0.29, 0.717) is 0 Å². The largest absolute Gasteiger partial charge is 0.489 e. The molecule has 0 saturated carbocycles. The molecule has 2 aromatic rings. The number of benzene rings is 2. The van der Waals surface area contributed by atoms with Crippen LogP contribution in [-0.2, 0) is 0 Å². The van der Waals surface area contributed by atoms with Crippen LogP contribution in [0.1, 0.15) is 28.3 Å². The van der Waals surface area contributed by atoms with E-state index in [4.69, 9.17) is 10.5 Å². The van der Waals surface area contributed by atoms with E-state index in [-0.39, 0.29) is 18.4 Å². The molecule has 0 aliphatic heterocycles. The van der Waals surface area contributed by atoms with Gasteiger partial charge in [0.2, 0.25) is 0 Å². The average Bonchev–Trinajstić information content (AvgIpc) is 2.36. The van der Waals surface area contributed by atoms with Crippen LogP contribution in [0.2, 0.25) is 0 Å². The molecule has 0 heterocycles. The quantitative estimate of drug-likeness (QED) is 0.925. The number of aryl methyl sites for hydroxylation is 3. The second kappa shape index (κ2) is 6.22. The Morgan fingerprint density at radius 3 is 2.24 bits per heavy atom. The highest BCUT2D eigenvalue weighted by Gasteiger charge is 2.14. The molecular formula is C17H19F2NO. The van der Waals surface area contributed by atoms with E-state index < -0.39 is 11.6 Å². The first-order valence-corrected chi connectivity index (χ1v) is 6.79. The van der Waals surface area contributed by atoms with Crippen LogP contribution in [0.15, 0.2) is 30.3 Å². The van der Waals surface area contributed by atoms with Crippen molar-refractivity contribution >= 4 is 0 Å². The first kappa shape index (κ1) is 15.4. The molecule has 4 heteroatoms. The van der Waals surface area contributed by atoms with Gasteiger partial charge in [-0.1, -0.05) is 17.7 Å². The third kappa shape index (κ3) is 3.58. The zero-order valence-electron chi connectivity index (χ0n) is 12.4. The van der Waals surface area contributed by atoms with Crippen molar-refractivity contribution in [1.82, 2.24) is 0 Å². The lowest BCUT2D eigenvalue weighted by Gasteiger charge is -2.19. The van der Waals surface area contributed by atoms with E-state index in [0.717, 1.165) is 28.8 Å². The van der Waals surface area contributed by atoms with Gasteiger partial charge in [-0.3, -0.25) is 0 Å². The van der Waals surface area contributed by atoms with Crippen molar-refractivity contribution in [2.75, 3.05) is 6.61 Å². The molecule has 21 heavy (non-hydrogen) atoms. The Balaban J connectivity index is 2.13. The van der Waals surface area contributed by atoms with Crippen molar-refractivity contribution in [3.05, 3.63) is 64.2 Å². The van der Waals surface area contributed by atoms with Gasteiger partial charge in [-0.15, -0.1) is 0 Å². The molecular weight excluding hydrogens is 272 g/mol. The molecule has 2 nitrogen and oxygen atoms in total. The van der Waals surface area contributed by atoms with Crippen molar-refractivity contribution in [3.63, 3.8) is 0 Å². The molecule has 2 rings (SSSR count). The molecule has 0 bridgehead atoms. The van der Waals surface area contributed by atoms with Gasteiger partial charge < -0.3 is 10.5 Å². The molecule has 0 aliphatic rings. The van der Waals surface area contributed by atoms with Crippen LogP contribution in [0.25, 0.3) is 0 Å². The Kier molecular flexibility index (Phi) is 4.58. The first-order valence-electron chi connectivity index (χ1n) is 6.79. The number of ether oxygens (including phenoxy) is 1. The normalized spacial score (nSPS) is 12.3. The zero-order chi connectivity index (χ0) is 15.6. The summed E-state index contributed by atoms with van der Waals surface area (Å²) in [6.07, 6.45) is 0. The van der Waals surface area contributed by atoms with Crippen molar-refractivity contribution in [2.45, 2.75) is 26.8 Å². The third-order valence-corrected chi connectivity index (χ3v) is 3.42. The lowest BCUT2D eigenvalue weighted by atomic mass is 9.95. The summed E-state index contributed by atoms with van der Waals surface area (Å²) >= 11 is 0. The maximum Gasteiger partial charge on any atom is 0.167 e. The number of hydrogen-bond acceptors (Lipinski definition) is 2. The molecule has 0 amide bonds. The minimum absolute atomic E-state index is 0.00858. The average molecular weight is 291 g/mol. The van der Waals surface area contributed by atoms with E-state index in [2.05, 4.69) is 12.1 Å². The molecule has 112 valence electrons. The predicted molar refractivity (Wildman–Crippen MR) is 79.4 cm³/mol. The lowest BCUT2D eigenvalue weighted by molar-refractivity contribution is 0.276. The molecule has 2 N–H and O–H groups in total. The monoisotopic (exact) mass is 291 g/mol. The topological polar surface area (TPSA) is 35.2 Å². The molecule has 0 aliphatic carbocycles. The minimum atomic E-state index is -0.723. The molecule has 1 unspecified atom stereocenters. The predicted octanol–water partition coefficient (Wildman–Crippen LogP) is 3.97. The van der Waals surface area contributed by atoms with Gasteiger partial charge in [-0.25, -0.2) is 8.78 Å². The molecule has 0 radical (unpaired) electrons. The fraction of sp³-hybridized carbons (Fsp3) is 0.294. The first-order chi connectivity index (χ1) is 9.88. The van der Waals surface area contributed by atoms with E-state index in [1.165, 1.54) is 11.6 Å². The number of halogens is 2. The number of hydrogen-bond donors (Lipinski definition) is 1. The highest BCUT2D eigenvalue weighted by atomic mass is 19.1.